The Morgan fingerprint density at radius 2 is 2.08 bits per heavy atom. The quantitative estimate of drug-likeness (QED) is 0.514. The van der Waals surface area contributed by atoms with E-state index in [0.29, 0.717) is 0 Å². The third kappa shape index (κ3) is 1.26. The Morgan fingerprint density at radius 1 is 1.23 bits per heavy atom. The Labute approximate surface area is 71.9 Å². The van der Waals surface area contributed by atoms with Crippen molar-refractivity contribution in [3.05, 3.63) is 18.0 Å². The fourth-order valence-electron chi connectivity index (χ4n) is 0.923. The minimum Gasteiger partial charge on any atom is -0.289 e. The molecule has 1 aromatic heterocycles. The Kier molecular flexibility index (Phi) is 1.55. The lowest BCUT2D eigenvalue weighted by Gasteiger charge is -1.93. The minimum atomic E-state index is -0.493. The van der Waals surface area contributed by atoms with Gasteiger partial charge in [-0.2, -0.15) is 0 Å². The van der Waals surface area contributed by atoms with E-state index in [1.54, 1.807) is 0 Å². The number of amides is 2. The normalized spacial score (nSPS) is 15.5. The predicted octanol–water partition coefficient (Wildman–Crippen LogP) is -1.69. The molecule has 7 heteroatoms. The molecule has 2 heterocycles. The Bertz CT molecular complexity index is 399. The van der Waals surface area contributed by atoms with Gasteiger partial charge in [-0.1, -0.05) is 0 Å². The van der Waals surface area contributed by atoms with Gasteiger partial charge in [0.05, 0.1) is 11.8 Å². The maximum Gasteiger partial charge on any atom is 0.260 e. The lowest BCUT2D eigenvalue weighted by molar-refractivity contribution is -0.123. The summed E-state index contributed by atoms with van der Waals surface area (Å²) in [5, 5.41) is 15.5. The van der Waals surface area contributed by atoms with E-state index in [4.69, 9.17) is 0 Å². The highest BCUT2D eigenvalue weighted by molar-refractivity contribution is 6.33. The first kappa shape index (κ1) is 7.47. The number of hydrogen-bond acceptors (Lipinski definition) is 6. The average molecular weight is 177 g/mol. The molecule has 2 amide bonds. The van der Waals surface area contributed by atoms with Crippen LogP contribution in [0.2, 0.25) is 0 Å². The predicted molar refractivity (Wildman–Crippen MR) is 38.7 cm³/mol. The second-order valence-corrected chi connectivity index (χ2v) is 2.29. The van der Waals surface area contributed by atoms with Gasteiger partial charge in [0.2, 0.25) is 0 Å². The van der Waals surface area contributed by atoms with Crippen LogP contribution in [0.25, 0.3) is 5.57 Å². The first-order chi connectivity index (χ1) is 6.27. The van der Waals surface area contributed by atoms with Gasteiger partial charge in [-0.15, -0.1) is 10.2 Å². The van der Waals surface area contributed by atoms with E-state index in [1.807, 2.05) is 0 Å². The summed E-state index contributed by atoms with van der Waals surface area (Å²) >= 11 is 0. The Hall–Kier alpha value is -2.18. The molecule has 1 aliphatic rings. The Balaban J connectivity index is 2.43. The van der Waals surface area contributed by atoms with Crippen molar-refractivity contribution >= 4 is 17.4 Å². The molecule has 0 atom stereocenters. The maximum atomic E-state index is 11.1. The van der Waals surface area contributed by atoms with Crippen LogP contribution >= 0.6 is 0 Å². The van der Waals surface area contributed by atoms with Gasteiger partial charge < -0.3 is 0 Å². The summed E-state index contributed by atoms with van der Waals surface area (Å²) < 4.78 is 0. The van der Waals surface area contributed by atoms with Crippen molar-refractivity contribution < 1.29 is 9.59 Å². The van der Waals surface area contributed by atoms with Crippen molar-refractivity contribution in [1.29, 1.82) is 0 Å². The highest BCUT2D eigenvalue weighted by Crippen LogP contribution is 2.12. The van der Waals surface area contributed by atoms with Crippen LogP contribution in [0.4, 0.5) is 0 Å². The van der Waals surface area contributed by atoms with E-state index in [2.05, 4.69) is 25.9 Å². The third-order valence-corrected chi connectivity index (χ3v) is 1.46. The van der Waals surface area contributed by atoms with E-state index in [9.17, 15) is 9.59 Å². The molecule has 0 saturated carbocycles. The lowest BCUT2D eigenvalue weighted by atomic mass is 10.2. The molecule has 0 unspecified atom stereocenters. The first-order valence-corrected chi connectivity index (χ1v) is 3.36. The van der Waals surface area contributed by atoms with Gasteiger partial charge in [-0.05, 0) is 10.4 Å². The molecule has 0 aromatic carbocycles. The highest BCUT2D eigenvalue weighted by Gasteiger charge is 2.23. The molecule has 0 radical (unpaired) electrons. The molecule has 1 N–H and O–H groups in total. The van der Waals surface area contributed by atoms with Crippen molar-refractivity contribution in [2.45, 2.75) is 0 Å². The maximum absolute atomic E-state index is 11.1. The van der Waals surface area contributed by atoms with E-state index < -0.39 is 11.8 Å². The zero-order chi connectivity index (χ0) is 9.26. The molecule has 13 heavy (non-hydrogen) atoms. The minimum absolute atomic E-state index is 0.160. The zero-order valence-corrected chi connectivity index (χ0v) is 6.26. The molecular formula is C6H3N5O2. The van der Waals surface area contributed by atoms with E-state index >= 15 is 0 Å². The van der Waals surface area contributed by atoms with Crippen LogP contribution in [-0.4, -0.2) is 32.4 Å². The summed E-state index contributed by atoms with van der Waals surface area (Å²) in [5.41, 5.74) is 0.394. The molecule has 1 aliphatic heterocycles. The SMILES string of the molecule is O=C1C=C(c2cnnnn2)C(=O)N1. The molecule has 0 spiro atoms. The van der Waals surface area contributed by atoms with E-state index in [1.165, 1.54) is 6.20 Å². The standard InChI is InChI=1S/C6H3N5O2/c12-5-1-3(6(13)8-5)4-2-7-10-11-9-4/h1-2H,(H,8,12,13). The summed E-state index contributed by atoms with van der Waals surface area (Å²) in [6.45, 7) is 0. The fraction of sp³-hybridized carbons (Fsp3) is 0. The van der Waals surface area contributed by atoms with Crippen molar-refractivity contribution in [2.75, 3.05) is 0 Å². The van der Waals surface area contributed by atoms with Crippen LogP contribution in [0.5, 0.6) is 0 Å². The molecule has 64 valence electrons. The van der Waals surface area contributed by atoms with Gasteiger partial charge in [0.15, 0.2) is 0 Å². The number of aromatic nitrogens is 4. The Morgan fingerprint density at radius 3 is 2.62 bits per heavy atom. The van der Waals surface area contributed by atoms with E-state index in [-0.39, 0.29) is 11.3 Å². The van der Waals surface area contributed by atoms with Crippen molar-refractivity contribution in [1.82, 2.24) is 25.9 Å². The molecule has 0 aliphatic carbocycles. The van der Waals surface area contributed by atoms with Crippen molar-refractivity contribution in [2.24, 2.45) is 0 Å². The third-order valence-electron chi connectivity index (χ3n) is 1.46. The number of nitrogens with zero attached hydrogens (tertiary/aromatic N) is 4. The summed E-state index contributed by atoms with van der Waals surface area (Å²) in [6, 6.07) is 0. The molecule has 7 nitrogen and oxygen atoms in total. The molecule has 0 fully saturated rings. The summed E-state index contributed by atoms with van der Waals surface area (Å²) in [5.74, 6) is -0.953. The molecular weight excluding hydrogens is 174 g/mol. The number of carbonyl (C=O) groups is 2. The van der Waals surface area contributed by atoms with Gasteiger partial charge in [-0.3, -0.25) is 14.9 Å². The van der Waals surface area contributed by atoms with Crippen LogP contribution in [0, 0.1) is 0 Å². The summed E-state index contributed by atoms with van der Waals surface area (Å²) in [6.07, 6.45) is 2.41. The van der Waals surface area contributed by atoms with Crippen LogP contribution < -0.4 is 5.32 Å². The number of imide groups is 1. The molecule has 1 aromatic rings. The van der Waals surface area contributed by atoms with Gasteiger partial charge >= 0.3 is 0 Å². The highest BCUT2D eigenvalue weighted by atomic mass is 16.2. The average Bonchev–Trinajstić information content (AvgIpc) is 2.47. The summed E-state index contributed by atoms with van der Waals surface area (Å²) in [4.78, 5) is 21.8. The van der Waals surface area contributed by atoms with Gasteiger partial charge in [0, 0.05) is 6.08 Å². The van der Waals surface area contributed by atoms with Gasteiger partial charge in [0.1, 0.15) is 5.69 Å². The van der Waals surface area contributed by atoms with Gasteiger partial charge in [0.25, 0.3) is 11.8 Å². The molecule has 0 bridgehead atoms. The molecule has 0 saturated heterocycles. The van der Waals surface area contributed by atoms with Crippen LogP contribution in [0.1, 0.15) is 5.69 Å². The second kappa shape index (κ2) is 2.70. The van der Waals surface area contributed by atoms with Crippen molar-refractivity contribution in [3.63, 3.8) is 0 Å². The summed E-state index contributed by atoms with van der Waals surface area (Å²) in [7, 11) is 0. The number of carbonyl (C=O) groups excluding carboxylic acids is 2. The fourth-order valence-corrected chi connectivity index (χ4v) is 0.923. The van der Waals surface area contributed by atoms with Crippen LogP contribution in [0.15, 0.2) is 12.3 Å². The van der Waals surface area contributed by atoms with E-state index in [0.717, 1.165) is 6.08 Å². The first-order valence-electron chi connectivity index (χ1n) is 3.36. The number of nitrogens with one attached hydrogen (secondary N) is 1. The zero-order valence-electron chi connectivity index (χ0n) is 6.26. The smallest absolute Gasteiger partial charge is 0.260 e. The topological polar surface area (TPSA) is 97.7 Å². The van der Waals surface area contributed by atoms with Gasteiger partial charge in [-0.25, -0.2) is 0 Å². The lowest BCUT2D eigenvalue weighted by Crippen LogP contribution is -2.22. The molecule has 2 rings (SSSR count). The number of hydrogen-bond donors (Lipinski definition) is 1. The number of rotatable bonds is 1. The monoisotopic (exact) mass is 177 g/mol. The van der Waals surface area contributed by atoms with Crippen LogP contribution in [0.3, 0.4) is 0 Å². The second-order valence-electron chi connectivity index (χ2n) is 2.29. The van der Waals surface area contributed by atoms with Crippen LogP contribution in [-0.2, 0) is 9.59 Å². The van der Waals surface area contributed by atoms with Crippen molar-refractivity contribution in [3.8, 4) is 0 Å². The largest absolute Gasteiger partial charge is 0.289 e.